The van der Waals surface area contributed by atoms with Crippen LogP contribution in [-0.2, 0) is 22.6 Å². The van der Waals surface area contributed by atoms with Crippen LogP contribution in [0.3, 0.4) is 0 Å². The molecule has 0 saturated carbocycles. The molecule has 10 nitrogen and oxygen atoms in total. The predicted octanol–water partition coefficient (Wildman–Crippen LogP) is 11.6. The maximum atomic E-state index is 14.5. The fraction of sp³-hybridized carbons (Fsp3) is 0.391. The first-order valence-corrected chi connectivity index (χ1v) is 19.8. The Balaban J connectivity index is 1.84. The van der Waals surface area contributed by atoms with Gasteiger partial charge in [-0.2, -0.15) is 57.9 Å². The smallest absolute Gasteiger partial charge is 0.432 e. The van der Waals surface area contributed by atoms with E-state index in [1.807, 2.05) is 9.13 Å². The van der Waals surface area contributed by atoms with E-state index in [1.165, 1.54) is 36.4 Å². The third-order valence-corrected chi connectivity index (χ3v) is 10.7. The van der Waals surface area contributed by atoms with Gasteiger partial charge in [-0.1, -0.05) is 64.5 Å². The SMILES string of the molecule is CCCCCCn1c(/C=C/C2=C(C#N)C(=C(C#N)C#N)OC2(C)C(F)(F)F)ccc1/C=C/c1ccc(/C=C/C2=C(C#N)C(=C(C#N)C#N)OC2(C)C(F)(F)F)n1CCCCCC. The van der Waals surface area contributed by atoms with Crippen LogP contribution in [0.2, 0.25) is 0 Å². The van der Waals surface area contributed by atoms with Crippen molar-refractivity contribution in [1.29, 1.82) is 31.6 Å². The molecule has 0 aliphatic carbocycles. The van der Waals surface area contributed by atoms with Crippen LogP contribution in [0.25, 0.3) is 24.3 Å². The second kappa shape index (κ2) is 19.9. The van der Waals surface area contributed by atoms with E-state index >= 15 is 0 Å². The van der Waals surface area contributed by atoms with Gasteiger partial charge in [-0.05, 0) is 75.3 Å². The molecular weight excluding hydrogens is 811 g/mol. The highest BCUT2D eigenvalue weighted by atomic mass is 19.4. The van der Waals surface area contributed by atoms with Crippen molar-refractivity contribution in [2.24, 2.45) is 0 Å². The van der Waals surface area contributed by atoms with Crippen molar-refractivity contribution in [3.8, 4) is 36.4 Å². The molecule has 0 saturated heterocycles. The summed E-state index contributed by atoms with van der Waals surface area (Å²) in [6.07, 6.45) is 5.62. The van der Waals surface area contributed by atoms with Gasteiger partial charge >= 0.3 is 12.4 Å². The lowest BCUT2D eigenvalue weighted by atomic mass is 9.92. The molecule has 2 aliphatic heterocycles. The van der Waals surface area contributed by atoms with Gasteiger partial charge in [0.15, 0.2) is 22.7 Å². The normalized spacial score (nSPS) is 19.0. The monoisotopic (exact) mass is 852 g/mol. The Bertz CT molecular complexity index is 2330. The molecule has 0 spiro atoms. The van der Waals surface area contributed by atoms with E-state index in [0.29, 0.717) is 35.9 Å². The largest absolute Gasteiger partial charge is 0.470 e. The molecule has 2 aromatic rings. The van der Waals surface area contributed by atoms with Gasteiger partial charge < -0.3 is 18.6 Å². The average Bonchev–Trinajstić information content (AvgIpc) is 3.97. The van der Waals surface area contributed by atoms with Crippen LogP contribution in [0.5, 0.6) is 0 Å². The number of allylic oxidation sites excluding steroid dienone is 4. The van der Waals surface area contributed by atoms with Gasteiger partial charge in [0.1, 0.15) is 47.6 Å². The van der Waals surface area contributed by atoms with Gasteiger partial charge in [-0.15, -0.1) is 0 Å². The topological polar surface area (TPSA) is 171 Å². The first-order chi connectivity index (χ1) is 29.4. The number of unbranched alkanes of at least 4 members (excludes halogenated alkanes) is 6. The zero-order valence-electron chi connectivity index (χ0n) is 34.5. The Morgan fingerprint density at radius 1 is 0.532 bits per heavy atom. The minimum atomic E-state index is -5.03. The fourth-order valence-corrected chi connectivity index (χ4v) is 7.07. The summed E-state index contributed by atoms with van der Waals surface area (Å²) in [4.78, 5) is 0. The minimum Gasteiger partial charge on any atom is -0.470 e. The number of hydrogen-bond donors (Lipinski definition) is 0. The lowest BCUT2D eigenvalue weighted by Crippen LogP contribution is -2.43. The van der Waals surface area contributed by atoms with Gasteiger partial charge in [0.25, 0.3) is 0 Å². The maximum absolute atomic E-state index is 14.5. The summed E-state index contributed by atoms with van der Waals surface area (Å²) in [5.74, 6) is -1.49. The highest BCUT2D eigenvalue weighted by Crippen LogP contribution is 2.51. The Kier molecular flexibility index (Phi) is 15.3. The second-order valence-electron chi connectivity index (χ2n) is 14.7. The zero-order valence-corrected chi connectivity index (χ0v) is 34.5. The summed E-state index contributed by atoms with van der Waals surface area (Å²) < 4.78 is 101. The molecule has 0 aromatic carbocycles. The molecule has 4 heterocycles. The van der Waals surface area contributed by atoms with E-state index < -0.39 is 68.5 Å². The summed E-state index contributed by atoms with van der Waals surface area (Å²) >= 11 is 0. The molecular formula is C46H42F6N8O2. The molecule has 0 bridgehead atoms. The minimum absolute atomic E-state index is 0.472. The highest BCUT2D eigenvalue weighted by molar-refractivity contribution is 5.71. The van der Waals surface area contributed by atoms with Crippen LogP contribution in [0, 0.1) is 68.0 Å². The van der Waals surface area contributed by atoms with Gasteiger partial charge in [0, 0.05) is 47.0 Å². The lowest BCUT2D eigenvalue weighted by Gasteiger charge is -2.28. The van der Waals surface area contributed by atoms with Crippen LogP contribution < -0.4 is 0 Å². The number of hydrogen-bond acceptors (Lipinski definition) is 8. The number of aromatic nitrogens is 2. The van der Waals surface area contributed by atoms with Crippen LogP contribution in [-0.4, -0.2) is 32.7 Å². The van der Waals surface area contributed by atoms with E-state index in [9.17, 15) is 57.9 Å². The summed E-state index contributed by atoms with van der Waals surface area (Å²) in [5.41, 5.74) is -7.58. The molecule has 320 valence electrons. The van der Waals surface area contributed by atoms with Crippen molar-refractivity contribution in [3.63, 3.8) is 0 Å². The first kappa shape index (κ1) is 47.5. The lowest BCUT2D eigenvalue weighted by molar-refractivity contribution is -0.236. The van der Waals surface area contributed by atoms with Crippen molar-refractivity contribution in [1.82, 2.24) is 9.13 Å². The number of nitriles is 6. The fourth-order valence-electron chi connectivity index (χ4n) is 7.07. The van der Waals surface area contributed by atoms with Gasteiger partial charge in [-0.25, -0.2) is 0 Å². The van der Waals surface area contributed by atoms with Gasteiger partial charge in [0.05, 0.1) is 0 Å². The Hall–Kier alpha value is -7.14. The van der Waals surface area contributed by atoms with E-state index in [2.05, 4.69) is 13.8 Å². The Morgan fingerprint density at radius 2 is 0.839 bits per heavy atom. The summed E-state index contributed by atoms with van der Waals surface area (Å²) in [5, 5.41) is 57.4. The van der Waals surface area contributed by atoms with Crippen molar-refractivity contribution >= 4 is 24.3 Å². The number of halogens is 6. The number of rotatable bonds is 16. The quantitative estimate of drug-likeness (QED) is 0.0912. The molecule has 4 rings (SSSR count). The van der Waals surface area contributed by atoms with Gasteiger partial charge in [0.2, 0.25) is 11.2 Å². The second-order valence-corrected chi connectivity index (χ2v) is 14.7. The molecule has 2 aromatic heterocycles. The molecule has 16 heteroatoms. The first-order valence-electron chi connectivity index (χ1n) is 19.8. The standard InChI is InChI=1S/C46H42F6N8O2/c1-5-7-9-11-23-59-33(15-17-35(59)19-21-39-37(29-57)41(31(25-53)26-54)61-43(39,3)45(47,48)49)13-14-34-16-18-36(60(34)24-12-10-8-6-2)20-22-40-38(30-58)42(32(27-55)28-56)62-44(40,4)46(50,51)52/h13-22H,5-12,23-24H2,1-4H3/b14-13+,21-19+,22-20+. The average molecular weight is 853 g/mol. The van der Waals surface area contributed by atoms with Crippen LogP contribution in [0.4, 0.5) is 26.3 Å². The summed E-state index contributed by atoms with van der Waals surface area (Å²) in [7, 11) is 0. The molecule has 2 unspecified atom stereocenters. The van der Waals surface area contributed by atoms with Crippen LogP contribution in [0.1, 0.15) is 102 Å². The molecule has 2 atom stereocenters. The molecule has 0 amide bonds. The van der Waals surface area contributed by atoms with Crippen molar-refractivity contribution < 1.29 is 35.8 Å². The highest BCUT2D eigenvalue weighted by Gasteiger charge is 2.62. The van der Waals surface area contributed by atoms with E-state index in [1.54, 1.807) is 48.6 Å². The van der Waals surface area contributed by atoms with Gasteiger partial charge in [-0.3, -0.25) is 0 Å². The van der Waals surface area contributed by atoms with E-state index in [-0.39, 0.29) is 0 Å². The van der Waals surface area contributed by atoms with Crippen LogP contribution >= 0.6 is 0 Å². The summed E-state index contributed by atoms with van der Waals surface area (Å²) in [6.45, 7) is 6.50. The molecule has 2 aliphatic rings. The number of ether oxygens (including phenoxy) is 2. The van der Waals surface area contributed by atoms with Crippen molar-refractivity contribution in [2.75, 3.05) is 0 Å². The zero-order chi connectivity index (χ0) is 45.9. The Labute approximate surface area is 356 Å². The number of nitrogens with zero attached hydrogens (tertiary/aromatic N) is 8. The third kappa shape index (κ3) is 9.57. The molecule has 0 fully saturated rings. The Morgan fingerprint density at radius 3 is 1.10 bits per heavy atom. The van der Waals surface area contributed by atoms with E-state index in [4.69, 9.17) is 9.47 Å². The van der Waals surface area contributed by atoms with Crippen molar-refractivity contribution in [2.45, 2.75) is 116 Å². The molecule has 0 N–H and O–H groups in total. The summed E-state index contributed by atoms with van der Waals surface area (Å²) in [6, 6.07) is 16.3. The molecule has 62 heavy (non-hydrogen) atoms. The number of alkyl halides is 6. The maximum Gasteiger partial charge on any atom is 0.432 e. The van der Waals surface area contributed by atoms with Crippen LogP contribution in [0.15, 0.2) is 81.4 Å². The predicted molar refractivity (Wildman–Crippen MR) is 217 cm³/mol. The third-order valence-electron chi connectivity index (χ3n) is 10.7. The molecule has 0 radical (unpaired) electrons. The van der Waals surface area contributed by atoms with E-state index in [0.717, 1.165) is 77.4 Å². The van der Waals surface area contributed by atoms with Crippen molar-refractivity contribution in [3.05, 3.63) is 104 Å².